The molecule has 0 radical (unpaired) electrons. The Morgan fingerprint density at radius 1 is 1.21 bits per heavy atom. The highest BCUT2D eigenvalue weighted by Gasteiger charge is 2.36. The summed E-state index contributed by atoms with van der Waals surface area (Å²) in [5.41, 5.74) is 2.10. The molecule has 2 atom stereocenters. The predicted octanol–water partition coefficient (Wildman–Crippen LogP) is 2.93. The summed E-state index contributed by atoms with van der Waals surface area (Å²) in [7, 11) is 0. The van der Waals surface area contributed by atoms with E-state index in [2.05, 4.69) is 44.4 Å². The summed E-state index contributed by atoms with van der Waals surface area (Å²) in [4.78, 5) is 11.2. The molecule has 2 aromatic heterocycles. The van der Waals surface area contributed by atoms with Gasteiger partial charge in [-0.1, -0.05) is 12.1 Å². The molecule has 0 unspecified atom stereocenters. The third kappa shape index (κ3) is 3.86. The van der Waals surface area contributed by atoms with Crippen molar-refractivity contribution in [1.29, 1.82) is 0 Å². The Bertz CT molecular complexity index is 660. The minimum absolute atomic E-state index is 0.346. The van der Waals surface area contributed by atoms with E-state index in [9.17, 15) is 0 Å². The van der Waals surface area contributed by atoms with Crippen LogP contribution >= 0.6 is 11.3 Å². The zero-order chi connectivity index (χ0) is 16.4. The van der Waals surface area contributed by atoms with E-state index in [1.54, 1.807) is 0 Å². The zero-order valence-electron chi connectivity index (χ0n) is 14.2. The molecule has 2 aliphatic heterocycles. The highest BCUT2D eigenvalue weighted by molar-refractivity contribution is 7.09. The van der Waals surface area contributed by atoms with Gasteiger partial charge in [-0.15, -0.1) is 11.3 Å². The van der Waals surface area contributed by atoms with Gasteiger partial charge in [0.15, 0.2) is 0 Å². The monoisotopic (exact) mass is 343 g/mol. The van der Waals surface area contributed by atoms with Crippen molar-refractivity contribution in [1.82, 2.24) is 14.8 Å². The molecule has 4 rings (SSSR count). The molecule has 0 aromatic carbocycles. The van der Waals surface area contributed by atoms with Gasteiger partial charge in [-0.2, -0.15) is 0 Å². The lowest BCUT2D eigenvalue weighted by Crippen LogP contribution is -2.49. The van der Waals surface area contributed by atoms with Crippen molar-refractivity contribution in [2.24, 2.45) is 0 Å². The van der Waals surface area contributed by atoms with Gasteiger partial charge in [0.1, 0.15) is 0 Å². The summed E-state index contributed by atoms with van der Waals surface area (Å²) in [5, 5.41) is 2.17. The van der Waals surface area contributed by atoms with Gasteiger partial charge in [-0.05, 0) is 36.9 Å². The SMILES string of the molecule is Cc1cccc(CO[C@H]2C[C@@H]3CN(Cc4cccs4)CCN3C2)n1. The molecule has 0 amide bonds. The third-order valence-electron chi connectivity index (χ3n) is 5.03. The summed E-state index contributed by atoms with van der Waals surface area (Å²) in [6.07, 6.45) is 1.49. The number of nitrogens with zero attached hydrogens (tertiary/aromatic N) is 3. The maximum Gasteiger partial charge on any atom is 0.0892 e. The first-order valence-electron chi connectivity index (χ1n) is 8.79. The van der Waals surface area contributed by atoms with Gasteiger partial charge in [-0.3, -0.25) is 14.8 Å². The predicted molar refractivity (Wildman–Crippen MR) is 97.1 cm³/mol. The van der Waals surface area contributed by atoms with E-state index < -0.39 is 0 Å². The van der Waals surface area contributed by atoms with Crippen LogP contribution in [0.25, 0.3) is 0 Å². The molecule has 4 heterocycles. The fourth-order valence-electron chi connectivity index (χ4n) is 3.83. The van der Waals surface area contributed by atoms with E-state index in [1.165, 1.54) is 24.5 Å². The fraction of sp³-hybridized carbons (Fsp3) is 0.526. The lowest BCUT2D eigenvalue weighted by Gasteiger charge is -2.37. The summed E-state index contributed by atoms with van der Waals surface area (Å²) >= 11 is 1.86. The number of fused-ring (bicyclic) bond motifs is 1. The molecule has 24 heavy (non-hydrogen) atoms. The summed E-state index contributed by atoms with van der Waals surface area (Å²) < 4.78 is 6.16. The van der Waals surface area contributed by atoms with E-state index in [1.807, 2.05) is 24.3 Å². The standard InChI is InChI=1S/C19H25N3OS/c1-15-4-2-5-16(20-15)14-23-18-10-17-11-21(7-8-22(17)12-18)13-19-6-3-9-24-19/h2-6,9,17-18H,7-8,10-14H2,1H3/t17-,18+/m1/s1. The molecule has 2 aromatic rings. The first-order valence-corrected chi connectivity index (χ1v) is 9.67. The van der Waals surface area contributed by atoms with Crippen molar-refractivity contribution >= 4 is 11.3 Å². The van der Waals surface area contributed by atoms with Crippen LogP contribution in [0.2, 0.25) is 0 Å². The summed E-state index contributed by atoms with van der Waals surface area (Å²) in [6.45, 7) is 8.33. The Labute approximate surface area is 148 Å². The molecule has 0 saturated carbocycles. The van der Waals surface area contributed by atoms with Crippen molar-refractivity contribution in [3.63, 3.8) is 0 Å². The number of piperazine rings is 1. The average Bonchev–Trinajstić information content (AvgIpc) is 3.22. The molecule has 0 N–H and O–H groups in total. The van der Waals surface area contributed by atoms with Crippen LogP contribution in [0.4, 0.5) is 0 Å². The Morgan fingerprint density at radius 3 is 3.00 bits per heavy atom. The number of hydrogen-bond acceptors (Lipinski definition) is 5. The van der Waals surface area contributed by atoms with E-state index >= 15 is 0 Å². The summed E-state index contributed by atoms with van der Waals surface area (Å²) in [5.74, 6) is 0. The van der Waals surface area contributed by atoms with Crippen molar-refractivity contribution in [2.75, 3.05) is 26.2 Å². The smallest absolute Gasteiger partial charge is 0.0892 e. The zero-order valence-corrected chi connectivity index (χ0v) is 15.0. The van der Waals surface area contributed by atoms with Gasteiger partial charge in [0.2, 0.25) is 0 Å². The van der Waals surface area contributed by atoms with Gasteiger partial charge < -0.3 is 4.74 Å². The average molecular weight is 343 g/mol. The molecule has 2 saturated heterocycles. The van der Waals surface area contributed by atoms with E-state index in [0.717, 1.165) is 30.9 Å². The number of rotatable bonds is 5. The number of hydrogen-bond donors (Lipinski definition) is 0. The lowest BCUT2D eigenvalue weighted by molar-refractivity contribution is 0.0440. The first kappa shape index (κ1) is 16.2. The minimum Gasteiger partial charge on any atom is -0.371 e. The largest absolute Gasteiger partial charge is 0.371 e. The van der Waals surface area contributed by atoms with Gasteiger partial charge in [0.25, 0.3) is 0 Å². The molecule has 5 heteroatoms. The second-order valence-electron chi connectivity index (χ2n) is 6.90. The Hall–Kier alpha value is -1.27. The van der Waals surface area contributed by atoms with Gasteiger partial charge >= 0.3 is 0 Å². The third-order valence-corrected chi connectivity index (χ3v) is 5.90. The number of ether oxygens (including phenoxy) is 1. The van der Waals surface area contributed by atoms with Gasteiger partial charge in [0, 0.05) is 49.3 Å². The Balaban J connectivity index is 1.28. The van der Waals surface area contributed by atoms with Crippen LogP contribution in [-0.4, -0.2) is 53.1 Å². The van der Waals surface area contributed by atoms with Crippen molar-refractivity contribution < 1.29 is 4.74 Å². The second-order valence-corrected chi connectivity index (χ2v) is 7.93. The number of aryl methyl sites for hydroxylation is 1. The van der Waals surface area contributed by atoms with Crippen LogP contribution in [0.5, 0.6) is 0 Å². The summed E-state index contributed by atoms with van der Waals surface area (Å²) in [6, 6.07) is 11.2. The number of thiophene rings is 1. The van der Waals surface area contributed by atoms with Crippen molar-refractivity contribution in [3.05, 3.63) is 52.0 Å². The van der Waals surface area contributed by atoms with Crippen LogP contribution in [0.15, 0.2) is 35.7 Å². The topological polar surface area (TPSA) is 28.6 Å². The van der Waals surface area contributed by atoms with E-state index in [-0.39, 0.29) is 0 Å². The molecule has 0 spiro atoms. The van der Waals surface area contributed by atoms with Gasteiger partial charge in [-0.25, -0.2) is 0 Å². The van der Waals surface area contributed by atoms with Crippen LogP contribution < -0.4 is 0 Å². The number of pyridine rings is 1. The van der Waals surface area contributed by atoms with Crippen LogP contribution in [-0.2, 0) is 17.9 Å². The maximum absolute atomic E-state index is 6.16. The van der Waals surface area contributed by atoms with E-state index in [0.29, 0.717) is 18.8 Å². The Morgan fingerprint density at radius 2 is 2.17 bits per heavy atom. The molecule has 128 valence electrons. The highest BCUT2D eigenvalue weighted by Crippen LogP contribution is 2.26. The van der Waals surface area contributed by atoms with E-state index in [4.69, 9.17) is 4.74 Å². The normalized spacial score (nSPS) is 25.0. The van der Waals surface area contributed by atoms with Crippen molar-refractivity contribution in [2.45, 2.75) is 38.6 Å². The quantitative estimate of drug-likeness (QED) is 0.835. The van der Waals surface area contributed by atoms with Crippen LogP contribution in [0.1, 0.15) is 22.7 Å². The lowest BCUT2D eigenvalue weighted by atomic mass is 10.1. The Kier molecular flexibility index (Phi) is 4.94. The van der Waals surface area contributed by atoms with Crippen LogP contribution in [0.3, 0.4) is 0 Å². The number of aromatic nitrogens is 1. The molecular formula is C19H25N3OS. The molecular weight excluding hydrogens is 318 g/mol. The second kappa shape index (κ2) is 7.31. The molecule has 4 nitrogen and oxygen atoms in total. The van der Waals surface area contributed by atoms with Crippen molar-refractivity contribution in [3.8, 4) is 0 Å². The fourth-order valence-corrected chi connectivity index (χ4v) is 4.58. The van der Waals surface area contributed by atoms with Gasteiger partial charge in [0.05, 0.1) is 18.4 Å². The first-order chi connectivity index (χ1) is 11.8. The highest BCUT2D eigenvalue weighted by atomic mass is 32.1. The minimum atomic E-state index is 0.346. The van der Waals surface area contributed by atoms with Crippen LogP contribution in [0, 0.1) is 6.92 Å². The molecule has 2 aliphatic rings. The maximum atomic E-state index is 6.16. The molecule has 2 fully saturated rings. The molecule has 0 aliphatic carbocycles. The molecule has 0 bridgehead atoms.